The van der Waals surface area contributed by atoms with Crippen molar-refractivity contribution in [3.8, 4) is 11.4 Å². The van der Waals surface area contributed by atoms with Gasteiger partial charge in [0.15, 0.2) is 5.82 Å². The number of benzene rings is 2. The van der Waals surface area contributed by atoms with Crippen molar-refractivity contribution in [1.82, 2.24) is 14.9 Å². The summed E-state index contributed by atoms with van der Waals surface area (Å²) in [5.74, 6) is 6.66. The molecule has 0 fully saturated rings. The minimum atomic E-state index is -0.373. The molecule has 0 saturated heterocycles. The number of nitrogen functional groups attached to an aromatic ring is 1. The van der Waals surface area contributed by atoms with E-state index in [1.807, 2.05) is 70.2 Å². The molecular weight excluding hydrogens is 358 g/mol. The number of carbonyl (C=O) groups is 1. The lowest BCUT2D eigenvalue weighted by atomic mass is 10.1. The molecule has 1 aromatic heterocycles. The molecule has 0 bridgehead atoms. The van der Waals surface area contributed by atoms with Crippen LogP contribution in [-0.2, 0) is 4.79 Å². The highest BCUT2D eigenvalue weighted by atomic mass is 32.2. The van der Waals surface area contributed by atoms with Crippen LogP contribution in [0, 0.1) is 20.8 Å². The van der Waals surface area contributed by atoms with E-state index in [0.29, 0.717) is 11.0 Å². The first-order valence-corrected chi connectivity index (χ1v) is 9.56. The zero-order valence-electron chi connectivity index (χ0n) is 15.9. The lowest BCUT2D eigenvalue weighted by Gasteiger charge is -2.13. The molecule has 0 radical (unpaired) electrons. The van der Waals surface area contributed by atoms with Crippen LogP contribution >= 0.6 is 11.8 Å². The molecule has 0 saturated carbocycles. The molecule has 1 amide bonds. The number of anilines is 1. The largest absolute Gasteiger partial charge is 0.335 e. The second-order valence-corrected chi connectivity index (χ2v) is 7.87. The standard InChI is InChI=1S/C20H23N5OS/c1-12-9-10-17(14(3)11-12)22-19(26)15(4)27-20-24-23-18(25(20)21)16-8-6-5-7-13(16)2/h5-11,15H,21H2,1-4H3,(H,22,26)/t15-/m1/s1. The van der Waals surface area contributed by atoms with Gasteiger partial charge in [-0.15, -0.1) is 10.2 Å². The summed E-state index contributed by atoms with van der Waals surface area (Å²) < 4.78 is 1.44. The maximum atomic E-state index is 12.6. The number of rotatable bonds is 5. The van der Waals surface area contributed by atoms with E-state index in [-0.39, 0.29) is 11.2 Å². The SMILES string of the molecule is Cc1ccc(NC(=O)[C@@H](C)Sc2nnc(-c3ccccc3C)n2N)c(C)c1. The van der Waals surface area contributed by atoms with E-state index in [0.717, 1.165) is 27.9 Å². The van der Waals surface area contributed by atoms with Gasteiger partial charge in [-0.25, -0.2) is 4.68 Å². The molecule has 2 aromatic carbocycles. The number of nitrogens with two attached hydrogens (primary N) is 1. The molecule has 3 N–H and O–H groups in total. The number of aromatic nitrogens is 3. The second kappa shape index (κ2) is 7.84. The van der Waals surface area contributed by atoms with Crippen molar-refractivity contribution >= 4 is 23.4 Å². The Morgan fingerprint density at radius 3 is 2.56 bits per heavy atom. The fraction of sp³-hybridized carbons (Fsp3) is 0.250. The number of thioether (sulfide) groups is 1. The molecule has 0 unspecified atom stereocenters. The Kier molecular flexibility index (Phi) is 5.51. The molecule has 3 rings (SSSR count). The molecule has 0 aliphatic rings. The fourth-order valence-corrected chi connectivity index (χ4v) is 3.53. The first kappa shape index (κ1) is 19.0. The Bertz CT molecular complexity index is 982. The monoisotopic (exact) mass is 381 g/mol. The van der Waals surface area contributed by atoms with E-state index >= 15 is 0 Å². The number of nitrogens with zero attached hydrogens (tertiary/aromatic N) is 3. The maximum absolute atomic E-state index is 12.6. The van der Waals surface area contributed by atoms with Crippen molar-refractivity contribution in [2.45, 2.75) is 38.1 Å². The Morgan fingerprint density at radius 1 is 1.11 bits per heavy atom. The van der Waals surface area contributed by atoms with Crippen LogP contribution < -0.4 is 11.2 Å². The number of hydrogen-bond acceptors (Lipinski definition) is 5. The molecule has 140 valence electrons. The third-order valence-corrected chi connectivity index (χ3v) is 5.40. The van der Waals surface area contributed by atoms with Gasteiger partial charge in [-0.3, -0.25) is 4.79 Å². The van der Waals surface area contributed by atoms with Crippen molar-refractivity contribution < 1.29 is 4.79 Å². The summed E-state index contributed by atoms with van der Waals surface area (Å²) in [7, 11) is 0. The predicted octanol–water partition coefficient (Wildman–Crippen LogP) is 3.70. The van der Waals surface area contributed by atoms with Gasteiger partial charge in [0.05, 0.1) is 5.25 Å². The first-order valence-electron chi connectivity index (χ1n) is 8.68. The van der Waals surface area contributed by atoms with Gasteiger partial charge in [-0.2, -0.15) is 0 Å². The molecule has 1 heterocycles. The first-order chi connectivity index (χ1) is 12.9. The van der Waals surface area contributed by atoms with Crippen LogP contribution in [0.4, 0.5) is 5.69 Å². The van der Waals surface area contributed by atoms with Gasteiger partial charge in [-0.05, 0) is 44.9 Å². The average Bonchev–Trinajstić information content (AvgIpc) is 2.98. The Labute approximate surface area is 163 Å². The van der Waals surface area contributed by atoms with Gasteiger partial charge in [0.1, 0.15) is 0 Å². The van der Waals surface area contributed by atoms with Crippen LogP contribution in [0.1, 0.15) is 23.6 Å². The van der Waals surface area contributed by atoms with Crippen LogP contribution in [0.3, 0.4) is 0 Å². The zero-order valence-corrected chi connectivity index (χ0v) is 16.7. The van der Waals surface area contributed by atoms with Crippen molar-refractivity contribution in [3.63, 3.8) is 0 Å². The predicted molar refractivity (Wildman–Crippen MR) is 110 cm³/mol. The Morgan fingerprint density at radius 2 is 1.85 bits per heavy atom. The lowest BCUT2D eigenvalue weighted by molar-refractivity contribution is -0.115. The van der Waals surface area contributed by atoms with E-state index in [4.69, 9.17) is 5.84 Å². The van der Waals surface area contributed by atoms with Gasteiger partial charge >= 0.3 is 0 Å². The summed E-state index contributed by atoms with van der Waals surface area (Å²) in [6.45, 7) is 7.82. The molecular formula is C20H23N5OS. The van der Waals surface area contributed by atoms with Gasteiger partial charge in [0.2, 0.25) is 11.1 Å². The van der Waals surface area contributed by atoms with E-state index in [1.54, 1.807) is 0 Å². The smallest absolute Gasteiger partial charge is 0.237 e. The fourth-order valence-electron chi connectivity index (χ4n) is 2.76. The highest BCUT2D eigenvalue weighted by Crippen LogP contribution is 2.27. The van der Waals surface area contributed by atoms with Crippen molar-refractivity contribution in [1.29, 1.82) is 0 Å². The topological polar surface area (TPSA) is 85.8 Å². The van der Waals surface area contributed by atoms with E-state index < -0.39 is 0 Å². The summed E-state index contributed by atoms with van der Waals surface area (Å²) in [5, 5.41) is 11.5. The highest BCUT2D eigenvalue weighted by molar-refractivity contribution is 8.00. The van der Waals surface area contributed by atoms with Gasteiger partial charge < -0.3 is 11.2 Å². The Balaban J connectivity index is 1.73. The molecule has 0 aliphatic carbocycles. The third kappa shape index (κ3) is 4.14. The summed E-state index contributed by atoms with van der Waals surface area (Å²) in [6, 6.07) is 13.8. The van der Waals surface area contributed by atoms with E-state index in [1.165, 1.54) is 16.4 Å². The van der Waals surface area contributed by atoms with Crippen LogP contribution in [0.2, 0.25) is 0 Å². The number of hydrogen-bond donors (Lipinski definition) is 2. The zero-order chi connectivity index (χ0) is 19.6. The summed E-state index contributed by atoms with van der Waals surface area (Å²) in [6.07, 6.45) is 0. The number of carbonyl (C=O) groups excluding carboxylic acids is 1. The quantitative estimate of drug-likeness (QED) is 0.520. The van der Waals surface area contributed by atoms with Gasteiger partial charge in [0, 0.05) is 11.3 Å². The average molecular weight is 382 g/mol. The molecule has 7 heteroatoms. The summed E-state index contributed by atoms with van der Waals surface area (Å²) >= 11 is 1.28. The second-order valence-electron chi connectivity index (χ2n) is 6.56. The van der Waals surface area contributed by atoms with Crippen molar-refractivity contribution in [2.24, 2.45) is 0 Å². The third-order valence-electron chi connectivity index (χ3n) is 4.34. The van der Waals surface area contributed by atoms with Crippen molar-refractivity contribution in [2.75, 3.05) is 11.2 Å². The highest BCUT2D eigenvalue weighted by Gasteiger charge is 2.21. The van der Waals surface area contributed by atoms with E-state index in [2.05, 4.69) is 15.5 Å². The summed E-state index contributed by atoms with van der Waals surface area (Å²) in [4.78, 5) is 12.6. The van der Waals surface area contributed by atoms with Crippen LogP contribution in [0.15, 0.2) is 47.6 Å². The molecule has 1 atom stereocenters. The maximum Gasteiger partial charge on any atom is 0.237 e. The lowest BCUT2D eigenvalue weighted by Crippen LogP contribution is -2.24. The van der Waals surface area contributed by atoms with Gasteiger partial charge in [0.25, 0.3) is 0 Å². The van der Waals surface area contributed by atoms with Crippen LogP contribution in [0.25, 0.3) is 11.4 Å². The van der Waals surface area contributed by atoms with Gasteiger partial charge in [-0.1, -0.05) is 53.7 Å². The minimum Gasteiger partial charge on any atom is -0.335 e. The molecule has 27 heavy (non-hydrogen) atoms. The van der Waals surface area contributed by atoms with Crippen molar-refractivity contribution in [3.05, 3.63) is 59.2 Å². The number of amides is 1. The molecule has 3 aromatic rings. The number of nitrogens with one attached hydrogen (secondary N) is 1. The molecule has 6 nitrogen and oxygen atoms in total. The minimum absolute atomic E-state index is 0.104. The van der Waals surface area contributed by atoms with E-state index in [9.17, 15) is 4.79 Å². The van der Waals surface area contributed by atoms with Crippen LogP contribution in [-0.4, -0.2) is 26.0 Å². The molecule has 0 aliphatic heterocycles. The molecule has 0 spiro atoms. The number of aryl methyl sites for hydroxylation is 3. The summed E-state index contributed by atoms with van der Waals surface area (Å²) in [5.41, 5.74) is 4.99. The Hall–Kier alpha value is -2.80. The van der Waals surface area contributed by atoms with Crippen LogP contribution in [0.5, 0.6) is 0 Å². The normalized spacial score (nSPS) is 12.0.